The Morgan fingerprint density at radius 1 is 1.03 bits per heavy atom. The number of nitrogens with zero attached hydrogens (tertiary/aromatic N) is 2. The predicted molar refractivity (Wildman–Crippen MR) is 122 cm³/mol. The number of alkyl halides is 7. The van der Waals surface area contributed by atoms with Gasteiger partial charge >= 0.3 is 11.4 Å². The van der Waals surface area contributed by atoms with E-state index in [1.807, 2.05) is 0 Å². The number of sulfonamides is 1. The number of hydrogen-bond donors (Lipinski definition) is 1. The highest BCUT2D eigenvalue weighted by Crippen LogP contribution is 2.42. The van der Waals surface area contributed by atoms with Crippen molar-refractivity contribution in [2.24, 2.45) is 0 Å². The van der Waals surface area contributed by atoms with Crippen LogP contribution in [0.4, 0.5) is 30.7 Å². The number of carbonyl (C=O) groups is 1. The summed E-state index contributed by atoms with van der Waals surface area (Å²) in [6.45, 7) is 0.264. The van der Waals surface area contributed by atoms with Gasteiger partial charge in [0.15, 0.2) is 0 Å². The Kier molecular flexibility index (Phi) is 8.48. The van der Waals surface area contributed by atoms with E-state index in [1.165, 1.54) is 0 Å². The fourth-order valence-corrected chi connectivity index (χ4v) is 6.33. The van der Waals surface area contributed by atoms with E-state index in [9.17, 15) is 43.9 Å². The highest BCUT2D eigenvalue weighted by Gasteiger charge is 2.51. The van der Waals surface area contributed by atoms with Crippen molar-refractivity contribution in [2.75, 3.05) is 32.7 Å². The first-order valence-electron chi connectivity index (χ1n) is 11.6. The first-order valence-corrected chi connectivity index (χ1v) is 13.4. The zero-order valence-electron chi connectivity index (χ0n) is 19.9. The number of nitrogens with one attached hydrogen (secondary N) is 1. The topological polar surface area (TPSA) is 69.7 Å². The lowest BCUT2D eigenvalue weighted by molar-refractivity contribution is -0.137. The van der Waals surface area contributed by atoms with E-state index >= 15 is 0 Å². The molecule has 1 aromatic carbocycles. The largest absolute Gasteiger partial charge is 0.416 e. The summed E-state index contributed by atoms with van der Waals surface area (Å²) < 4.78 is 120. The average Bonchev–Trinajstić information content (AvgIpc) is 2.83. The molecule has 1 aliphatic carbocycles. The van der Waals surface area contributed by atoms with Crippen LogP contribution in [-0.4, -0.2) is 73.0 Å². The van der Waals surface area contributed by atoms with Crippen LogP contribution in [-0.2, 0) is 16.2 Å². The van der Waals surface area contributed by atoms with Crippen molar-refractivity contribution in [3.63, 3.8) is 0 Å². The third-order valence-electron chi connectivity index (χ3n) is 7.07. The molecule has 0 radical (unpaired) electrons. The molecule has 2 fully saturated rings. The molecular weight excluding hydrogens is 555 g/mol. The standard InChI is InChI=1S/C22H27ClF7N3O3S/c1-2-21(26,27)37(35,36)33-11-9-32(10-12-33)19(5-7-20(24,25)8-6-19)14-31-18(34)16-4-3-15(13-17(16)23)22(28,29)30/h3-4,13H,2,5-12,14H2,1H3,(H,31,34). The molecule has 0 spiro atoms. The molecule has 0 aromatic heterocycles. The first-order chi connectivity index (χ1) is 16.9. The normalized spacial score (nSPS) is 21.5. The Hall–Kier alpha value is -1.64. The van der Waals surface area contributed by atoms with Crippen LogP contribution in [0.5, 0.6) is 0 Å². The van der Waals surface area contributed by atoms with E-state index < -0.39 is 68.7 Å². The number of carbonyl (C=O) groups excluding carboxylic acids is 1. The zero-order valence-corrected chi connectivity index (χ0v) is 21.4. The van der Waals surface area contributed by atoms with Crippen molar-refractivity contribution in [3.05, 3.63) is 34.3 Å². The summed E-state index contributed by atoms with van der Waals surface area (Å²) in [6, 6.07) is 2.22. The van der Waals surface area contributed by atoms with Gasteiger partial charge in [-0.2, -0.15) is 26.3 Å². The summed E-state index contributed by atoms with van der Waals surface area (Å²) in [4.78, 5) is 14.4. The lowest BCUT2D eigenvalue weighted by Gasteiger charge is -2.50. The monoisotopic (exact) mass is 581 g/mol. The van der Waals surface area contributed by atoms with Crippen molar-refractivity contribution >= 4 is 27.5 Å². The second kappa shape index (κ2) is 10.5. The van der Waals surface area contributed by atoms with E-state index in [0.717, 1.165) is 13.0 Å². The van der Waals surface area contributed by atoms with E-state index in [-0.39, 0.29) is 51.1 Å². The lowest BCUT2D eigenvalue weighted by atomic mass is 9.78. The van der Waals surface area contributed by atoms with Gasteiger partial charge in [-0.05, 0) is 31.0 Å². The Labute approximate surface area is 215 Å². The van der Waals surface area contributed by atoms with Crippen molar-refractivity contribution in [1.82, 2.24) is 14.5 Å². The fourth-order valence-electron chi connectivity index (χ4n) is 4.68. The van der Waals surface area contributed by atoms with Crippen LogP contribution in [0.3, 0.4) is 0 Å². The van der Waals surface area contributed by atoms with Gasteiger partial charge in [0.2, 0.25) is 5.92 Å². The zero-order chi connectivity index (χ0) is 27.9. The van der Waals surface area contributed by atoms with Crippen LogP contribution < -0.4 is 5.32 Å². The first kappa shape index (κ1) is 29.9. The molecule has 37 heavy (non-hydrogen) atoms. The molecule has 2 aliphatic rings. The minimum atomic E-state index is -4.90. The minimum Gasteiger partial charge on any atom is -0.350 e. The van der Waals surface area contributed by atoms with Crippen LogP contribution in [0, 0.1) is 0 Å². The van der Waals surface area contributed by atoms with Gasteiger partial charge in [0, 0.05) is 57.5 Å². The molecule has 1 saturated heterocycles. The third kappa shape index (κ3) is 6.34. The van der Waals surface area contributed by atoms with Gasteiger partial charge in [-0.25, -0.2) is 17.2 Å². The molecular formula is C22H27ClF7N3O3S. The second-order valence-corrected chi connectivity index (χ2v) is 11.8. The Morgan fingerprint density at radius 2 is 1.59 bits per heavy atom. The number of piperazine rings is 1. The van der Waals surface area contributed by atoms with Crippen LogP contribution >= 0.6 is 11.6 Å². The maximum absolute atomic E-state index is 14.0. The van der Waals surface area contributed by atoms with E-state index in [2.05, 4.69) is 5.32 Å². The molecule has 6 nitrogen and oxygen atoms in total. The summed E-state index contributed by atoms with van der Waals surface area (Å²) in [5, 5.41) is -1.81. The summed E-state index contributed by atoms with van der Waals surface area (Å²) in [7, 11) is -4.90. The van der Waals surface area contributed by atoms with E-state index in [4.69, 9.17) is 11.6 Å². The maximum atomic E-state index is 14.0. The van der Waals surface area contributed by atoms with Gasteiger partial charge in [0.1, 0.15) is 0 Å². The Balaban J connectivity index is 1.76. The predicted octanol–water partition coefficient (Wildman–Crippen LogP) is 4.99. The van der Waals surface area contributed by atoms with Crippen LogP contribution in [0.25, 0.3) is 0 Å². The maximum Gasteiger partial charge on any atom is 0.416 e. The summed E-state index contributed by atoms with van der Waals surface area (Å²) in [5.74, 6) is -3.74. The van der Waals surface area contributed by atoms with Crippen molar-refractivity contribution in [3.8, 4) is 0 Å². The summed E-state index contributed by atoms with van der Waals surface area (Å²) in [5.41, 5.74) is -2.30. The number of rotatable bonds is 7. The van der Waals surface area contributed by atoms with E-state index in [1.54, 1.807) is 4.90 Å². The molecule has 3 rings (SSSR count). The van der Waals surface area contributed by atoms with Gasteiger partial charge in [0.25, 0.3) is 15.9 Å². The molecule has 1 heterocycles. The van der Waals surface area contributed by atoms with E-state index in [0.29, 0.717) is 16.4 Å². The number of hydrogen-bond acceptors (Lipinski definition) is 4. The minimum absolute atomic E-state index is 0.0263. The van der Waals surface area contributed by atoms with Gasteiger partial charge in [-0.15, -0.1) is 0 Å². The molecule has 1 N–H and O–H groups in total. The Morgan fingerprint density at radius 3 is 2.08 bits per heavy atom. The highest BCUT2D eigenvalue weighted by atomic mass is 35.5. The fraction of sp³-hybridized carbons (Fsp3) is 0.682. The molecule has 210 valence electrons. The summed E-state index contributed by atoms with van der Waals surface area (Å²) in [6.07, 6.45) is -6.70. The van der Waals surface area contributed by atoms with Crippen LogP contribution in [0.1, 0.15) is 54.9 Å². The SMILES string of the molecule is CCC(F)(F)S(=O)(=O)N1CCN(C2(CNC(=O)c3ccc(C(F)(F)F)cc3Cl)CCC(F)(F)CC2)CC1. The van der Waals surface area contributed by atoms with Crippen molar-refractivity contribution in [1.29, 1.82) is 0 Å². The number of amides is 1. The number of halogens is 8. The highest BCUT2D eigenvalue weighted by molar-refractivity contribution is 7.90. The number of benzene rings is 1. The second-order valence-electron chi connectivity index (χ2n) is 9.34. The lowest BCUT2D eigenvalue weighted by Crippen LogP contribution is -2.64. The van der Waals surface area contributed by atoms with Crippen LogP contribution in [0.2, 0.25) is 5.02 Å². The quantitative estimate of drug-likeness (QED) is 0.461. The van der Waals surface area contributed by atoms with Gasteiger partial charge in [0.05, 0.1) is 16.1 Å². The molecule has 0 unspecified atom stereocenters. The molecule has 1 aromatic rings. The van der Waals surface area contributed by atoms with Crippen LogP contribution in [0.15, 0.2) is 18.2 Å². The molecule has 0 bridgehead atoms. The van der Waals surface area contributed by atoms with Gasteiger partial charge in [-0.3, -0.25) is 9.69 Å². The van der Waals surface area contributed by atoms with Crippen molar-refractivity contribution in [2.45, 2.75) is 61.9 Å². The van der Waals surface area contributed by atoms with Gasteiger partial charge < -0.3 is 5.32 Å². The Bertz CT molecular complexity index is 1100. The molecule has 1 amide bonds. The summed E-state index contributed by atoms with van der Waals surface area (Å²) >= 11 is 5.89. The third-order valence-corrected chi connectivity index (χ3v) is 9.47. The smallest absolute Gasteiger partial charge is 0.350 e. The molecule has 1 aliphatic heterocycles. The molecule has 0 atom stereocenters. The van der Waals surface area contributed by atoms with Gasteiger partial charge in [-0.1, -0.05) is 18.5 Å². The van der Waals surface area contributed by atoms with Crippen molar-refractivity contribution < 1.29 is 43.9 Å². The molecule has 1 saturated carbocycles. The average molecular weight is 582 g/mol. The molecule has 15 heteroatoms.